The number of benzene rings is 1. The SMILES string of the molecule is OC1(Cc2cc(Br)ccc2F)CCCNC1. The Morgan fingerprint density at radius 3 is 3.00 bits per heavy atom. The molecule has 1 fully saturated rings. The summed E-state index contributed by atoms with van der Waals surface area (Å²) in [6.07, 6.45) is 2.03. The molecule has 1 aromatic carbocycles. The zero-order chi connectivity index (χ0) is 11.6. The van der Waals surface area contributed by atoms with Gasteiger partial charge in [0.05, 0.1) is 5.60 Å². The molecule has 1 unspecified atom stereocenters. The van der Waals surface area contributed by atoms with E-state index in [9.17, 15) is 9.50 Å². The van der Waals surface area contributed by atoms with E-state index in [4.69, 9.17) is 0 Å². The molecule has 0 spiro atoms. The molecule has 1 aliphatic heterocycles. The third kappa shape index (κ3) is 2.81. The van der Waals surface area contributed by atoms with Gasteiger partial charge in [-0.1, -0.05) is 15.9 Å². The van der Waals surface area contributed by atoms with Crippen LogP contribution in [0.4, 0.5) is 4.39 Å². The van der Waals surface area contributed by atoms with Crippen molar-refractivity contribution in [1.29, 1.82) is 0 Å². The number of halogens is 2. The smallest absolute Gasteiger partial charge is 0.126 e. The van der Waals surface area contributed by atoms with E-state index in [2.05, 4.69) is 21.2 Å². The molecule has 1 heterocycles. The first-order chi connectivity index (χ1) is 7.59. The summed E-state index contributed by atoms with van der Waals surface area (Å²) in [6.45, 7) is 1.47. The van der Waals surface area contributed by atoms with E-state index in [1.54, 1.807) is 12.1 Å². The van der Waals surface area contributed by atoms with Crippen molar-refractivity contribution in [2.45, 2.75) is 24.9 Å². The number of aliphatic hydroxyl groups is 1. The summed E-state index contributed by atoms with van der Waals surface area (Å²) in [5, 5.41) is 13.4. The standard InChI is InChI=1S/C12H15BrFNO/c13-10-2-3-11(14)9(6-10)7-12(16)4-1-5-15-8-12/h2-3,6,15-16H,1,4-5,7-8H2. The Balaban J connectivity index is 2.15. The predicted octanol–water partition coefficient (Wildman–Crippen LogP) is 2.25. The van der Waals surface area contributed by atoms with E-state index >= 15 is 0 Å². The first kappa shape index (κ1) is 12.0. The van der Waals surface area contributed by atoms with Crippen LogP contribution in [0.25, 0.3) is 0 Å². The summed E-state index contributed by atoms with van der Waals surface area (Å²) in [6, 6.07) is 4.84. The fraction of sp³-hybridized carbons (Fsp3) is 0.500. The van der Waals surface area contributed by atoms with E-state index in [-0.39, 0.29) is 5.82 Å². The first-order valence-corrected chi connectivity index (χ1v) is 6.25. The number of nitrogens with one attached hydrogen (secondary N) is 1. The van der Waals surface area contributed by atoms with Crippen LogP contribution in [0.1, 0.15) is 18.4 Å². The Hall–Kier alpha value is -0.450. The predicted molar refractivity (Wildman–Crippen MR) is 64.9 cm³/mol. The Morgan fingerprint density at radius 2 is 2.31 bits per heavy atom. The molecule has 0 bridgehead atoms. The van der Waals surface area contributed by atoms with Crippen molar-refractivity contribution < 1.29 is 9.50 Å². The molecule has 1 saturated heterocycles. The summed E-state index contributed by atoms with van der Waals surface area (Å²) in [5.74, 6) is -0.248. The Labute approximate surface area is 103 Å². The molecular formula is C12H15BrFNO. The van der Waals surface area contributed by atoms with Gasteiger partial charge in [0.25, 0.3) is 0 Å². The second-order valence-corrected chi connectivity index (χ2v) is 5.33. The minimum Gasteiger partial charge on any atom is -0.388 e. The van der Waals surface area contributed by atoms with Gasteiger partial charge in [-0.3, -0.25) is 0 Å². The van der Waals surface area contributed by atoms with Crippen molar-refractivity contribution in [2.24, 2.45) is 0 Å². The maximum atomic E-state index is 13.5. The van der Waals surface area contributed by atoms with E-state index in [0.29, 0.717) is 18.5 Å². The summed E-state index contributed by atoms with van der Waals surface area (Å²) >= 11 is 3.31. The van der Waals surface area contributed by atoms with Gasteiger partial charge in [0, 0.05) is 17.4 Å². The molecule has 1 aliphatic rings. The molecule has 1 atom stereocenters. The lowest BCUT2D eigenvalue weighted by atomic mass is 9.87. The minimum absolute atomic E-state index is 0.248. The average Bonchev–Trinajstić information content (AvgIpc) is 2.24. The molecule has 0 saturated carbocycles. The van der Waals surface area contributed by atoms with E-state index < -0.39 is 5.60 Å². The van der Waals surface area contributed by atoms with Gasteiger partial charge in [-0.25, -0.2) is 4.39 Å². The van der Waals surface area contributed by atoms with Gasteiger partial charge < -0.3 is 10.4 Å². The highest BCUT2D eigenvalue weighted by atomic mass is 79.9. The van der Waals surface area contributed by atoms with Crippen LogP contribution in [0.15, 0.2) is 22.7 Å². The topological polar surface area (TPSA) is 32.3 Å². The monoisotopic (exact) mass is 287 g/mol. The highest BCUT2D eigenvalue weighted by Gasteiger charge is 2.30. The van der Waals surface area contributed by atoms with Gasteiger partial charge in [-0.2, -0.15) is 0 Å². The molecule has 0 aliphatic carbocycles. The summed E-state index contributed by atoms with van der Waals surface area (Å²) in [4.78, 5) is 0. The quantitative estimate of drug-likeness (QED) is 0.875. The molecule has 2 rings (SSSR count). The van der Waals surface area contributed by atoms with Crippen molar-refractivity contribution in [3.05, 3.63) is 34.1 Å². The normalized spacial score (nSPS) is 25.7. The number of piperidine rings is 1. The maximum Gasteiger partial charge on any atom is 0.126 e. The van der Waals surface area contributed by atoms with Crippen LogP contribution in [0, 0.1) is 5.82 Å². The lowest BCUT2D eigenvalue weighted by Crippen LogP contribution is -2.47. The molecular weight excluding hydrogens is 273 g/mol. The lowest BCUT2D eigenvalue weighted by Gasteiger charge is -2.32. The van der Waals surface area contributed by atoms with E-state index in [1.807, 2.05) is 0 Å². The largest absolute Gasteiger partial charge is 0.388 e. The van der Waals surface area contributed by atoms with Crippen LogP contribution in [-0.2, 0) is 6.42 Å². The van der Waals surface area contributed by atoms with Crippen LogP contribution < -0.4 is 5.32 Å². The van der Waals surface area contributed by atoms with Gasteiger partial charge in [-0.05, 0) is 43.1 Å². The summed E-state index contributed by atoms with van der Waals surface area (Å²) in [7, 11) is 0. The molecule has 16 heavy (non-hydrogen) atoms. The highest BCUT2D eigenvalue weighted by molar-refractivity contribution is 9.10. The van der Waals surface area contributed by atoms with Crippen LogP contribution in [0.2, 0.25) is 0 Å². The molecule has 2 nitrogen and oxygen atoms in total. The van der Waals surface area contributed by atoms with Gasteiger partial charge in [0.2, 0.25) is 0 Å². The van der Waals surface area contributed by atoms with Crippen molar-refractivity contribution in [2.75, 3.05) is 13.1 Å². The second-order valence-electron chi connectivity index (χ2n) is 4.42. The molecule has 88 valence electrons. The Kier molecular flexibility index (Phi) is 3.62. The van der Waals surface area contributed by atoms with Crippen LogP contribution >= 0.6 is 15.9 Å². The molecule has 0 radical (unpaired) electrons. The maximum absolute atomic E-state index is 13.5. The first-order valence-electron chi connectivity index (χ1n) is 5.46. The fourth-order valence-corrected chi connectivity index (χ4v) is 2.54. The number of β-amino-alcohol motifs (C(OH)–C–C–N with tert-alkyl or cyclic N) is 1. The van der Waals surface area contributed by atoms with Crippen LogP contribution in [-0.4, -0.2) is 23.8 Å². The van der Waals surface area contributed by atoms with Gasteiger partial charge in [-0.15, -0.1) is 0 Å². The second kappa shape index (κ2) is 4.82. The van der Waals surface area contributed by atoms with Gasteiger partial charge in [0.1, 0.15) is 5.82 Å². The lowest BCUT2D eigenvalue weighted by molar-refractivity contribution is 0.0162. The average molecular weight is 288 g/mol. The summed E-state index contributed by atoms with van der Waals surface area (Å²) < 4.78 is 14.4. The van der Waals surface area contributed by atoms with E-state index in [0.717, 1.165) is 23.9 Å². The fourth-order valence-electron chi connectivity index (χ4n) is 2.14. The molecule has 0 aromatic heterocycles. The molecule has 2 N–H and O–H groups in total. The third-order valence-electron chi connectivity index (χ3n) is 2.98. The summed E-state index contributed by atoms with van der Waals surface area (Å²) in [5.41, 5.74) is -0.236. The van der Waals surface area contributed by atoms with Gasteiger partial charge in [0.15, 0.2) is 0 Å². The van der Waals surface area contributed by atoms with Gasteiger partial charge >= 0.3 is 0 Å². The molecule has 1 aromatic rings. The Morgan fingerprint density at radius 1 is 1.50 bits per heavy atom. The number of hydrogen-bond acceptors (Lipinski definition) is 2. The highest BCUT2D eigenvalue weighted by Crippen LogP contribution is 2.24. The molecule has 0 amide bonds. The Bertz CT molecular complexity index is 377. The van der Waals surface area contributed by atoms with Crippen molar-refractivity contribution in [3.8, 4) is 0 Å². The number of rotatable bonds is 2. The zero-order valence-corrected chi connectivity index (χ0v) is 10.6. The van der Waals surface area contributed by atoms with E-state index in [1.165, 1.54) is 6.07 Å². The molecule has 4 heteroatoms. The van der Waals surface area contributed by atoms with Crippen LogP contribution in [0.3, 0.4) is 0 Å². The van der Waals surface area contributed by atoms with Crippen molar-refractivity contribution >= 4 is 15.9 Å². The van der Waals surface area contributed by atoms with Crippen molar-refractivity contribution in [1.82, 2.24) is 5.32 Å². The minimum atomic E-state index is -0.806. The zero-order valence-electron chi connectivity index (χ0n) is 8.97. The van der Waals surface area contributed by atoms with Crippen molar-refractivity contribution in [3.63, 3.8) is 0 Å². The number of hydrogen-bond donors (Lipinski definition) is 2. The third-order valence-corrected chi connectivity index (χ3v) is 3.47. The van der Waals surface area contributed by atoms with Crippen LogP contribution in [0.5, 0.6) is 0 Å².